The van der Waals surface area contributed by atoms with Crippen molar-refractivity contribution in [2.45, 2.75) is 12.8 Å². The molecule has 0 spiro atoms. The maximum Gasteiger partial charge on any atom is 0.414 e. The van der Waals surface area contributed by atoms with Crippen LogP contribution < -0.4 is 11.5 Å². The van der Waals surface area contributed by atoms with E-state index in [1.807, 2.05) is 0 Å². The Bertz CT molecular complexity index is 295. The fourth-order valence-corrected chi connectivity index (χ4v) is 1.26. The lowest BCUT2D eigenvalue weighted by Gasteiger charge is -2.34. The molecule has 0 heterocycles. The quantitative estimate of drug-likeness (QED) is 0.317. The molecule has 10 nitrogen and oxygen atoms in total. The second-order valence-electron chi connectivity index (χ2n) is 3.79. The molecule has 116 valence electrons. The fraction of sp³-hybridized carbons (Fsp3) is 0.600. The third kappa shape index (κ3) is 9.79. The monoisotopic (exact) mass is 294 g/mol. The summed E-state index contributed by atoms with van der Waals surface area (Å²) in [5.41, 5.74) is 10.9. The Balaban J connectivity index is 0. The summed E-state index contributed by atoms with van der Waals surface area (Å²) in [5, 5.41) is 29.6. The topological polar surface area (TPSA) is 201 Å². The average Bonchev–Trinajstić information content (AvgIpc) is 2.30. The molecule has 1 fully saturated rings. The van der Waals surface area contributed by atoms with Crippen LogP contribution in [0.2, 0.25) is 0 Å². The van der Waals surface area contributed by atoms with Gasteiger partial charge in [0.25, 0.3) is 0 Å². The van der Waals surface area contributed by atoms with Crippen molar-refractivity contribution in [2.24, 2.45) is 23.3 Å². The van der Waals surface area contributed by atoms with Crippen molar-refractivity contribution in [3.63, 3.8) is 0 Å². The average molecular weight is 294 g/mol. The SMILES string of the molecule is NC[C@@H]1CC[C@H]1CN.O=C(O)C(=O)O.O=C(O)C(=O)O. The Morgan fingerprint density at radius 1 is 0.700 bits per heavy atom. The number of carbonyl (C=O) groups is 4. The molecule has 0 amide bonds. The Kier molecular flexibility index (Phi) is 10.8. The van der Waals surface area contributed by atoms with E-state index >= 15 is 0 Å². The highest BCUT2D eigenvalue weighted by atomic mass is 16.4. The van der Waals surface area contributed by atoms with E-state index in [9.17, 15) is 0 Å². The maximum absolute atomic E-state index is 9.10. The number of nitrogens with two attached hydrogens (primary N) is 2. The molecule has 1 aliphatic rings. The largest absolute Gasteiger partial charge is 0.473 e. The van der Waals surface area contributed by atoms with Crippen LogP contribution in [0.25, 0.3) is 0 Å². The summed E-state index contributed by atoms with van der Waals surface area (Å²) in [5.74, 6) is -5.80. The first kappa shape index (κ1) is 20.1. The highest BCUT2D eigenvalue weighted by Crippen LogP contribution is 2.31. The minimum atomic E-state index is -1.82. The highest BCUT2D eigenvalue weighted by Gasteiger charge is 2.27. The van der Waals surface area contributed by atoms with Crippen LogP contribution in [0.4, 0.5) is 0 Å². The summed E-state index contributed by atoms with van der Waals surface area (Å²) in [6.45, 7) is 1.67. The van der Waals surface area contributed by atoms with Gasteiger partial charge in [0.1, 0.15) is 0 Å². The Labute approximate surface area is 114 Å². The molecular formula is C10H18N2O8. The van der Waals surface area contributed by atoms with Gasteiger partial charge in [0, 0.05) is 0 Å². The van der Waals surface area contributed by atoms with Crippen LogP contribution >= 0.6 is 0 Å². The van der Waals surface area contributed by atoms with Crippen molar-refractivity contribution in [3.05, 3.63) is 0 Å². The van der Waals surface area contributed by atoms with Gasteiger partial charge in [-0.05, 0) is 37.8 Å². The smallest absolute Gasteiger partial charge is 0.414 e. The minimum absolute atomic E-state index is 0.750. The van der Waals surface area contributed by atoms with Gasteiger partial charge in [-0.15, -0.1) is 0 Å². The summed E-state index contributed by atoms with van der Waals surface area (Å²) in [6.07, 6.45) is 2.61. The molecule has 1 rings (SSSR count). The molecule has 1 aliphatic carbocycles. The third-order valence-corrected chi connectivity index (χ3v) is 2.55. The molecule has 10 heteroatoms. The number of rotatable bonds is 2. The molecule has 0 aliphatic heterocycles. The van der Waals surface area contributed by atoms with E-state index in [-0.39, 0.29) is 0 Å². The number of carboxylic acid groups (broad SMARTS) is 4. The predicted molar refractivity (Wildman–Crippen MR) is 64.9 cm³/mol. The molecule has 0 saturated heterocycles. The summed E-state index contributed by atoms with van der Waals surface area (Å²) in [6, 6.07) is 0. The van der Waals surface area contributed by atoms with Gasteiger partial charge in [-0.2, -0.15) is 0 Å². The fourth-order valence-electron chi connectivity index (χ4n) is 1.26. The molecule has 0 unspecified atom stereocenters. The zero-order valence-electron chi connectivity index (χ0n) is 10.6. The number of hydrogen-bond acceptors (Lipinski definition) is 6. The van der Waals surface area contributed by atoms with Crippen LogP contribution in [0.5, 0.6) is 0 Å². The van der Waals surface area contributed by atoms with Crippen LogP contribution in [0.3, 0.4) is 0 Å². The van der Waals surface area contributed by atoms with Gasteiger partial charge in [0.15, 0.2) is 0 Å². The molecule has 8 N–H and O–H groups in total. The van der Waals surface area contributed by atoms with Gasteiger partial charge in [-0.3, -0.25) is 0 Å². The van der Waals surface area contributed by atoms with Crippen LogP contribution in [0.15, 0.2) is 0 Å². The minimum Gasteiger partial charge on any atom is -0.473 e. The zero-order valence-corrected chi connectivity index (χ0v) is 10.6. The first-order valence-corrected chi connectivity index (χ1v) is 5.49. The zero-order chi connectivity index (χ0) is 16.3. The third-order valence-electron chi connectivity index (χ3n) is 2.55. The first-order valence-electron chi connectivity index (χ1n) is 5.49. The van der Waals surface area contributed by atoms with Crippen LogP contribution in [-0.2, 0) is 19.2 Å². The van der Waals surface area contributed by atoms with Crippen molar-refractivity contribution in [1.29, 1.82) is 0 Å². The van der Waals surface area contributed by atoms with Crippen molar-refractivity contribution < 1.29 is 39.6 Å². The van der Waals surface area contributed by atoms with Gasteiger partial charge in [-0.1, -0.05) is 0 Å². The highest BCUT2D eigenvalue weighted by molar-refractivity contribution is 6.27. The molecule has 0 radical (unpaired) electrons. The second kappa shape index (κ2) is 10.7. The van der Waals surface area contributed by atoms with Crippen LogP contribution in [0, 0.1) is 11.8 Å². The van der Waals surface area contributed by atoms with Gasteiger partial charge in [0.2, 0.25) is 0 Å². The number of aliphatic carboxylic acids is 4. The van der Waals surface area contributed by atoms with Gasteiger partial charge < -0.3 is 31.9 Å². The molecular weight excluding hydrogens is 276 g/mol. The van der Waals surface area contributed by atoms with E-state index in [2.05, 4.69) is 0 Å². The Morgan fingerprint density at radius 2 is 0.900 bits per heavy atom. The summed E-state index contributed by atoms with van der Waals surface area (Å²) >= 11 is 0. The van der Waals surface area contributed by atoms with E-state index in [0.29, 0.717) is 0 Å². The normalized spacial score (nSPS) is 19.1. The number of carboxylic acids is 4. The van der Waals surface area contributed by atoms with Crippen molar-refractivity contribution in [1.82, 2.24) is 0 Å². The standard InChI is InChI=1S/C6H14N2.2C2H2O4/c7-3-5-1-2-6(5)4-8;2*3-1(4)2(5)6/h5-6H,1-4,7-8H2;2*(H,3,4)(H,5,6)/t5-,6-;;/m0../s1. The van der Waals surface area contributed by atoms with Crippen LogP contribution in [0.1, 0.15) is 12.8 Å². The van der Waals surface area contributed by atoms with Crippen molar-refractivity contribution in [3.8, 4) is 0 Å². The Hall–Kier alpha value is -2.20. The molecule has 0 bridgehead atoms. The van der Waals surface area contributed by atoms with Gasteiger partial charge in [-0.25, -0.2) is 19.2 Å². The van der Waals surface area contributed by atoms with Crippen molar-refractivity contribution in [2.75, 3.05) is 13.1 Å². The van der Waals surface area contributed by atoms with E-state index < -0.39 is 23.9 Å². The van der Waals surface area contributed by atoms with Gasteiger partial charge in [0.05, 0.1) is 0 Å². The van der Waals surface area contributed by atoms with Crippen molar-refractivity contribution >= 4 is 23.9 Å². The lowest BCUT2D eigenvalue weighted by atomic mass is 9.74. The lowest BCUT2D eigenvalue weighted by Crippen LogP contribution is -2.36. The summed E-state index contributed by atoms with van der Waals surface area (Å²) < 4.78 is 0. The lowest BCUT2D eigenvalue weighted by molar-refractivity contribution is -0.159. The van der Waals surface area contributed by atoms with E-state index in [1.165, 1.54) is 12.8 Å². The first-order chi connectivity index (χ1) is 9.17. The van der Waals surface area contributed by atoms with Gasteiger partial charge >= 0.3 is 23.9 Å². The molecule has 20 heavy (non-hydrogen) atoms. The predicted octanol–water partition coefficient (Wildman–Crippen LogP) is -1.76. The van der Waals surface area contributed by atoms with E-state index in [0.717, 1.165) is 24.9 Å². The second-order valence-corrected chi connectivity index (χ2v) is 3.79. The summed E-state index contributed by atoms with van der Waals surface area (Å²) in [7, 11) is 0. The maximum atomic E-state index is 9.10. The molecule has 0 aromatic heterocycles. The molecule has 1 saturated carbocycles. The van der Waals surface area contributed by atoms with Crippen LogP contribution in [-0.4, -0.2) is 57.4 Å². The van der Waals surface area contributed by atoms with E-state index in [4.69, 9.17) is 51.1 Å². The Morgan fingerprint density at radius 3 is 0.950 bits per heavy atom. The molecule has 0 aromatic carbocycles. The summed E-state index contributed by atoms with van der Waals surface area (Å²) in [4.78, 5) is 36.4. The number of hydrogen-bond donors (Lipinski definition) is 6. The van der Waals surface area contributed by atoms with E-state index in [1.54, 1.807) is 0 Å². The molecule has 2 atom stereocenters. The molecule has 0 aromatic rings.